The number of hydrogen-bond acceptors (Lipinski definition) is 3. The lowest BCUT2D eigenvalue weighted by Gasteiger charge is -2.04. The second kappa shape index (κ2) is 5.29. The molecule has 0 radical (unpaired) electrons. The van der Waals surface area contributed by atoms with Gasteiger partial charge in [-0.3, -0.25) is 4.98 Å². The van der Waals surface area contributed by atoms with Crippen LogP contribution in [0.5, 0.6) is 0 Å². The van der Waals surface area contributed by atoms with Crippen LogP contribution in [-0.4, -0.2) is 10.1 Å². The van der Waals surface area contributed by atoms with Crippen LogP contribution in [0.1, 0.15) is 25.3 Å². The highest BCUT2D eigenvalue weighted by Gasteiger charge is 2.09. The molecule has 3 rings (SSSR count). The van der Waals surface area contributed by atoms with E-state index in [9.17, 15) is 0 Å². The SMILES string of the molecule is CC(C)c1ccc(-c2cc(-c3cccnc3)on2)cc1. The molecule has 3 aromatic rings. The Balaban J connectivity index is 1.90. The topological polar surface area (TPSA) is 38.9 Å². The lowest BCUT2D eigenvalue weighted by atomic mass is 10.0. The summed E-state index contributed by atoms with van der Waals surface area (Å²) in [5.74, 6) is 1.27. The van der Waals surface area contributed by atoms with E-state index in [0.29, 0.717) is 5.92 Å². The maximum absolute atomic E-state index is 5.39. The van der Waals surface area contributed by atoms with Crippen molar-refractivity contribution >= 4 is 0 Å². The van der Waals surface area contributed by atoms with Gasteiger partial charge >= 0.3 is 0 Å². The maximum Gasteiger partial charge on any atom is 0.169 e. The first kappa shape index (κ1) is 12.6. The first-order valence-electron chi connectivity index (χ1n) is 6.71. The summed E-state index contributed by atoms with van der Waals surface area (Å²) in [6, 6.07) is 14.2. The average Bonchev–Trinajstić information content (AvgIpc) is 2.98. The van der Waals surface area contributed by atoms with Crippen molar-refractivity contribution in [3.8, 4) is 22.6 Å². The van der Waals surface area contributed by atoms with Gasteiger partial charge in [0.15, 0.2) is 5.76 Å². The largest absolute Gasteiger partial charge is 0.356 e. The number of nitrogens with zero attached hydrogens (tertiary/aromatic N) is 2. The fourth-order valence-corrected chi connectivity index (χ4v) is 2.09. The van der Waals surface area contributed by atoms with Gasteiger partial charge in [-0.2, -0.15) is 0 Å². The quantitative estimate of drug-likeness (QED) is 0.697. The first-order valence-corrected chi connectivity index (χ1v) is 6.71. The summed E-state index contributed by atoms with van der Waals surface area (Å²) in [4.78, 5) is 4.09. The summed E-state index contributed by atoms with van der Waals surface area (Å²) in [7, 11) is 0. The van der Waals surface area contributed by atoms with Crippen molar-refractivity contribution in [2.45, 2.75) is 19.8 Å². The van der Waals surface area contributed by atoms with E-state index in [0.717, 1.165) is 22.6 Å². The Morgan fingerprint density at radius 3 is 2.45 bits per heavy atom. The monoisotopic (exact) mass is 264 g/mol. The predicted octanol–water partition coefficient (Wildman–Crippen LogP) is 4.53. The molecular weight excluding hydrogens is 248 g/mol. The number of aromatic nitrogens is 2. The van der Waals surface area contributed by atoms with Crippen LogP contribution in [0.2, 0.25) is 0 Å². The van der Waals surface area contributed by atoms with Crippen LogP contribution >= 0.6 is 0 Å². The first-order chi connectivity index (χ1) is 9.74. The molecule has 100 valence electrons. The smallest absolute Gasteiger partial charge is 0.169 e. The molecule has 0 unspecified atom stereocenters. The molecule has 0 amide bonds. The maximum atomic E-state index is 5.39. The van der Waals surface area contributed by atoms with Crippen LogP contribution in [0.4, 0.5) is 0 Å². The van der Waals surface area contributed by atoms with Crippen LogP contribution < -0.4 is 0 Å². The normalized spacial score (nSPS) is 10.9. The Morgan fingerprint density at radius 1 is 1.00 bits per heavy atom. The number of hydrogen-bond donors (Lipinski definition) is 0. The molecule has 0 aliphatic carbocycles. The van der Waals surface area contributed by atoms with E-state index < -0.39 is 0 Å². The molecule has 0 bridgehead atoms. The Morgan fingerprint density at radius 2 is 1.80 bits per heavy atom. The third-order valence-electron chi connectivity index (χ3n) is 3.33. The number of benzene rings is 1. The molecule has 0 saturated heterocycles. The van der Waals surface area contributed by atoms with Crippen LogP contribution in [0.15, 0.2) is 59.4 Å². The summed E-state index contributed by atoms with van der Waals surface area (Å²) < 4.78 is 5.39. The average molecular weight is 264 g/mol. The second-order valence-electron chi connectivity index (χ2n) is 5.09. The summed E-state index contributed by atoms with van der Waals surface area (Å²) in [6.45, 7) is 4.37. The van der Waals surface area contributed by atoms with Gasteiger partial charge in [0.05, 0.1) is 0 Å². The van der Waals surface area contributed by atoms with Gasteiger partial charge in [-0.25, -0.2) is 0 Å². The highest BCUT2D eigenvalue weighted by atomic mass is 16.5. The molecular formula is C17H16N2O. The molecule has 0 fully saturated rings. The van der Waals surface area contributed by atoms with E-state index >= 15 is 0 Å². The van der Waals surface area contributed by atoms with Crippen LogP contribution in [-0.2, 0) is 0 Å². The highest BCUT2D eigenvalue weighted by Crippen LogP contribution is 2.26. The Bertz CT molecular complexity index is 685. The summed E-state index contributed by atoms with van der Waals surface area (Å²) in [5.41, 5.74) is 4.17. The summed E-state index contributed by atoms with van der Waals surface area (Å²) in [5, 5.41) is 4.13. The number of rotatable bonds is 3. The van der Waals surface area contributed by atoms with Gasteiger partial charge in [0, 0.05) is 29.6 Å². The minimum Gasteiger partial charge on any atom is -0.356 e. The minimum atomic E-state index is 0.535. The zero-order valence-corrected chi connectivity index (χ0v) is 11.6. The van der Waals surface area contributed by atoms with E-state index in [-0.39, 0.29) is 0 Å². The van der Waals surface area contributed by atoms with Gasteiger partial charge in [-0.05, 0) is 23.6 Å². The van der Waals surface area contributed by atoms with E-state index in [1.54, 1.807) is 12.4 Å². The summed E-state index contributed by atoms with van der Waals surface area (Å²) >= 11 is 0. The molecule has 2 aromatic heterocycles. The van der Waals surface area contributed by atoms with Crippen molar-refractivity contribution in [2.75, 3.05) is 0 Å². The molecule has 2 heterocycles. The van der Waals surface area contributed by atoms with Crippen molar-refractivity contribution in [2.24, 2.45) is 0 Å². The van der Waals surface area contributed by atoms with E-state index in [1.165, 1.54) is 5.56 Å². The van der Waals surface area contributed by atoms with Gasteiger partial charge in [0.2, 0.25) is 0 Å². The summed E-state index contributed by atoms with van der Waals surface area (Å²) in [6.07, 6.45) is 3.51. The lowest BCUT2D eigenvalue weighted by molar-refractivity contribution is 0.435. The number of pyridine rings is 1. The lowest BCUT2D eigenvalue weighted by Crippen LogP contribution is -1.86. The second-order valence-corrected chi connectivity index (χ2v) is 5.09. The molecule has 3 nitrogen and oxygen atoms in total. The van der Waals surface area contributed by atoms with Crippen molar-refractivity contribution in [1.29, 1.82) is 0 Å². The van der Waals surface area contributed by atoms with E-state index in [4.69, 9.17) is 4.52 Å². The molecule has 0 spiro atoms. The molecule has 0 N–H and O–H groups in total. The van der Waals surface area contributed by atoms with E-state index in [1.807, 2.05) is 18.2 Å². The van der Waals surface area contributed by atoms with Crippen LogP contribution in [0.3, 0.4) is 0 Å². The Labute approximate surface area is 118 Å². The molecule has 0 aliphatic heterocycles. The van der Waals surface area contributed by atoms with Crippen molar-refractivity contribution in [3.05, 3.63) is 60.4 Å². The highest BCUT2D eigenvalue weighted by molar-refractivity contribution is 5.66. The molecule has 0 saturated carbocycles. The molecule has 20 heavy (non-hydrogen) atoms. The van der Waals surface area contributed by atoms with Crippen molar-refractivity contribution < 1.29 is 4.52 Å². The van der Waals surface area contributed by atoms with Gasteiger partial charge in [-0.1, -0.05) is 43.3 Å². The van der Waals surface area contributed by atoms with Gasteiger partial charge in [-0.15, -0.1) is 0 Å². The van der Waals surface area contributed by atoms with Crippen molar-refractivity contribution in [3.63, 3.8) is 0 Å². The van der Waals surface area contributed by atoms with Crippen LogP contribution in [0.25, 0.3) is 22.6 Å². The van der Waals surface area contributed by atoms with Gasteiger partial charge in [0.1, 0.15) is 5.69 Å². The molecule has 1 aromatic carbocycles. The van der Waals surface area contributed by atoms with E-state index in [2.05, 4.69) is 48.3 Å². The molecule has 0 atom stereocenters. The Hall–Kier alpha value is -2.42. The van der Waals surface area contributed by atoms with Gasteiger partial charge < -0.3 is 4.52 Å². The fraction of sp³-hybridized carbons (Fsp3) is 0.176. The molecule has 3 heteroatoms. The zero-order valence-electron chi connectivity index (χ0n) is 11.6. The minimum absolute atomic E-state index is 0.535. The van der Waals surface area contributed by atoms with Gasteiger partial charge in [0.25, 0.3) is 0 Å². The van der Waals surface area contributed by atoms with Crippen LogP contribution in [0, 0.1) is 0 Å². The van der Waals surface area contributed by atoms with Crippen molar-refractivity contribution in [1.82, 2.24) is 10.1 Å². The standard InChI is InChI=1S/C17H16N2O/c1-12(2)13-5-7-14(8-6-13)16-10-17(20-19-16)15-4-3-9-18-11-15/h3-12H,1-2H3. The predicted molar refractivity (Wildman–Crippen MR) is 79.3 cm³/mol. The third kappa shape index (κ3) is 2.48. The zero-order chi connectivity index (χ0) is 13.9. The molecule has 0 aliphatic rings. The third-order valence-corrected chi connectivity index (χ3v) is 3.33. The Kier molecular flexibility index (Phi) is 3.33. The fourth-order valence-electron chi connectivity index (χ4n) is 2.09.